The Kier molecular flexibility index (Phi) is 7.59. The lowest BCUT2D eigenvalue weighted by atomic mass is 10.1. The molecule has 1 nitrogen and oxygen atoms in total. The molecule has 1 N–H and O–H groups in total. The standard InChI is InChI=1S/C10H20O/c1-3-4-5-7-10(2)8-6-9-11/h8,11H,3-7,9H2,1-2H3/b10-8+. The molecule has 0 atom stereocenters. The Hall–Kier alpha value is -0.300. The minimum Gasteiger partial charge on any atom is -0.396 e. The molecule has 0 bridgehead atoms. The van der Waals surface area contributed by atoms with Crippen molar-refractivity contribution in [3.63, 3.8) is 0 Å². The Labute approximate surface area is 70.1 Å². The molecule has 0 aliphatic rings. The summed E-state index contributed by atoms with van der Waals surface area (Å²) < 4.78 is 0. The summed E-state index contributed by atoms with van der Waals surface area (Å²) in [6.07, 6.45) is 8.06. The summed E-state index contributed by atoms with van der Waals surface area (Å²) in [5, 5.41) is 8.54. The molecular formula is C10H20O. The maximum Gasteiger partial charge on any atom is 0.0465 e. The van der Waals surface area contributed by atoms with Gasteiger partial charge in [0.05, 0.1) is 0 Å². The van der Waals surface area contributed by atoms with Crippen molar-refractivity contribution in [3.8, 4) is 0 Å². The molecule has 0 saturated heterocycles. The smallest absolute Gasteiger partial charge is 0.0465 e. The van der Waals surface area contributed by atoms with E-state index in [0.717, 1.165) is 6.42 Å². The summed E-state index contributed by atoms with van der Waals surface area (Å²) in [7, 11) is 0. The predicted octanol–water partition coefficient (Wildman–Crippen LogP) is 2.90. The molecule has 0 saturated carbocycles. The fourth-order valence-electron chi connectivity index (χ4n) is 1.07. The van der Waals surface area contributed by atoms with Gasteiger partial charge in [0.25, 0.3) is 0 Å². The van der Waals surface area contributed by atoms with Crippen LogP contribution in [0.3, 0.4) is 0 Å². The van der Waals surface area contributed by atoms with Gasteiger partial charge >= 0.3 is 0 Å². The van der Waals surface area contributed by atoms with Gasteiger partial charge in [-0.3, -0.25) is 0 Å². The highest BCUT2D eigenvalue weighted by molar-refractivity contribution is 4.97. The molecule has 11 heavy (non-hydrogen) atoms. The van der Waals surface area contributed by atoms with Gasteiger partial charge in [0.2, 0.25) is 0 Å². The maximum atomic E-state index is 8.54. The highest BCUT2D eigenvalue weighted by Crippen LogP contribution is 2.08. The molecule has 0 aliphatic carbocycles. The Morgan fingerprint density at radius 1 is 1.36 bits per heavy atom. The monoisotopic (exact) mass is 156 g/mol. The van der Waals surface area contributed by atoms with Crippen LogP contribution in [0.2, 0.25) is 0 Å². The third kappa shape index (κ3) is 7.60. The number of rotatable bonds is 6. The molecule has 0 rings (SSSR count). The Morgan fingerprint density at radius 3 is 2.64 bits per heavy atom. The van der Waals surface area contributed by atoms with Crippen molar-refractivity contribution in [2.75, 3.05) is 6.61 Å². The molecule has 66 valence electrons. The second-order valence-electron chi connectivity index (χ2n) is 3.02. The van der Waals surface area contributed by atoms with Crippen LogP contribution in [0, 0.1) is 0 Å². The quantitative estimate of drug-likeness (QED) is 0.463. The summed E-state index contributed by atoms with van der Waals surface area (Å²) >= 11 is 0. The lowest BCUT2D eigenvalue weighted by Gasteiger charge is -1.98. The zero-order valence-corrected chi connectivity index (χ0v) is 7.77. The number of aliphatic hydroxyl groups is 1. The van der Waals surface area contributed by atoms with Crippen LogP contribution in [0.1, 0.15) is 46.0 Å². The van der Waals surface area contributed by atoms with Crippen molar-refractivity contribution in [1.29, 1.82) is 0 Å². The normalized spacial score (nSPS) is 12.1. The maximum absolute atomic E-state index is 8.54. The second kappa shape index (κ2) is 7.80. The molecule has 0 amide bonds. The average Bonchev–Trinajstić information content (AvgIpc) is 2.01. The molecule has 0 aromatic rings. The topological polar surface area (TPSA) is 20.2 Å². The molecule has 0 radical (unpaired) electrons. The Balaban J connectivity index is 3.27. The van der Waals surface area contributed by atoms with Crippen LogP contribution in [-0.4, -0.2) is 11.7 Å². The average molecular weight is 156 g/mol. The van der Waals surface area contributed by atoms with Gasteiger partial charge in [0.15, 0.2) is 0 Å². The van der Waals surface area contributed by atoms with Gasteiger partial charge in [-0.15, -0.1) is 0 Å². The molecule has 0 aromatic heterocycles. The van der Waals surface area contributed by atoms with Crippen LogP contribution in [-0.2, 0) is 0 Å². The van der Waals surface area contributed by atoms with Crippen LogP contribution in [0.4, 0.5) is 0 Å². The number of hydrogen-bond donors (Lipinski definition) is 1. The fraction of sp³-hybridized carbons (Fsp3) is 0.800. The van der Waals surface area contributed by atoms with Crippen molar-refractivity contribution >= 4 is 0 Å². The van der Waals surface area contributed by atoms with E-state index in [4.69, 9.17) is 5.11 Å². The Morgan fingerprint density at radius 2 is 2.09 bits per heavy atom. The molecule has 0 heterocycles. The molecule has 0 unspecified atom stereocenters. The minimum atomic E-state index is 0.283. The highest BCUT2D eigenvalue weighted by Gasteiger charge is 1.89. The van der Waals surface area contributed by atoms with Gasteiger partial charge in [-0.05, 0) is 26.2 Å². The van der Waals surface area contributed by atoms with Crippen LogP contribution >= 0.6 is 0 Å². The first-order chi connectivity index (χ1) is 5.31. The van der Waals surface area contributed by atoms with Crippen molar-refractivity contribution < 1.29 is 5.11 Å². The van der Waals surface area contributed by atoms with E-state index in [-0.39, 0.29) is 6.61 Å². The fourth-order valence-corrected chi connectivity index (χ4v) is 1.07. The van der Waals surface area contributed by atoms with E-state index in [1.807, 2.05) is 0 Å². The van der Waals surface area contributed by atoms with Gasteiger partial charge < -0.3 is 5.11 Å². The molecule has 0 aliphatic heterocycles. The van der Waals surface area contributed by atoms with Crippen LogP contribution < -0.4 is 0 Å². The zero-order chi connectivity index (χ0) is 8.53. The largest absolute Gasteiger partial charge is 0.396 e. The minimum absolute atomic E-state index is 0.283. The van der Waals surface area contributed by atoms with Gasteiger partial charge in [0, 0.05) is 6.61 Å². The van der Waals surface area contributed by atoms with Crippen LogP contribution in [0.5, 0.6) is 0 Å². The number of unbranched alkanes of at least 4 members (excludes halogenated alkanes) is 2. The summed E-state index contributed by atoms with van der Waals surface area (Å²) in [5.41, 5.74) is 1.42. The molecule has 0 aromatic carbocycles. The van der Waals surface area contributed by atoms with Crippen molar-refractivity contribution in [2.24, 2.45) is 0 Å². The van der Waals surface area contributed by atoms with Gasteiger partial charge in [-0.2, -0.15) is 0 Å². The molecule has 0 fully saturated rings. The Bertz CT molecular complexity index is 105. The third-order valence-electron chi connectivity index (χ3n) is 1.80. The van der Waals surface area contributed by atoms with E-state index >= 15 is 0 Å². The first-order valence-electron chi connectivity index (χ1n) is 4.57. The first-order valence-corrected chi connectivity index (χ1v) is 4.57. The number of hydrogen-bond acceptors (Lipinski definition) is 1. The SMILES string of the molecule is CCCCC/C(C)=C/CCO. The van der Waals surface area contributed by atoms with Gasteiger partial charge in [-0.25, -0.2) is 0 Å². The van der Waals surface area contributed by atoms with Crippen LogP contribution in [0.25, 0.3) is 0 Å². The lowest BCUT2D eigenvalue weighted by molar-refractivity contribution is 0.302. The van der Waals surface area contributed by atoms with Crippen molar-refractivity contribution in [3.05, 3.63) is 11.6 Å². The van der Waals surface area contributed by atoms with Crippen molar-refractivity contribution in [2.45, 2.75) is 46.0 Å². The molecule has 0 spiro atoms. The first kappa shape index (κ1) is 10.7. The van der Waals surface area contributed by atoms with E-state index < -0.39 is 0 Å². The van der Waals surface area contributed by atoms with Gasteiger partial charge in [-0.1, -0.05) is 31.4 Å². The molecule has 1 heteroatoms. The van der Waals surface area contributed by atoms with E-state index in [2.05, 4.69) is 19.9 Å². The summed E-state index contributed by atoms with van der Waals surface area (Å²) in [6, 6.07) is 0. The van der Waals surface area contributed by atoms with E-state index in [1.54, 1.807) is 0 Å². The summed E-state index contributed by atoms with van der Waals surface area (Å²) in [6.45, 7) is 4.64. The number of allylic oxidation sites excluding steroid dienone is 1. The predicted molar refractivity (Wildman–Crippen MR) is 49.6 cm³/mol. The molecular weight excluding hydrogens is 136 g/mol. The zero-order valence-electron chi connectivity index (χ0n) is 7.77. The van der Waals surface area contributed by atoms with Gasteiger partial charge in [0.1, 0.15) is 0 Å². The number of aliphatic hydroxyl groups excluding tert-OH is 1. The van der Waals surface area contributed by atoms with Crippen LogP contribution in [0.15, 0.2) is 11.6 Å². The van der Waals surface area contributed by atoms with Crippen molar-refractivity contribution in [1.82, 2.24) is 0 Å². The highest BCUT2D eigenvalue weighted by atomic mass is 16.2. The summed E-state index contributed by atoms with van der Waals surface area (Å²) in [5.74, 6) is 0. The third-order valence-corrected chi connectivity index (χ3v) is 1.80. The summed E-state index contributed by atoms with van der Waals surface area (Å²) in [4.78, 5) is 0. The van der Waals surface area contributed by atoms with E-state index in [9.17, 15) is 0 Å². The second-order valence-corrected chi connectivity index (χ2v) is 3.02. The van der Waals surface area contributed by atoms with E-state index in [0.29, 0.717) is 0 Å². The van der Waals surface area contributed by atoms with E-state index in [1.165, 1.54) is 31.3 Å². The lowest BCUT2D eigenvalue weighted by Crippen LogP contribution is -1.82.